The minimum absolute atomic E-state index is 0.154. The number of nitriles is 1. The number of amides is 3. The zero-order valence-corrected chi connectivity index (χ0v) is 12.8. The van der Waals surface area contributed by atoms with Crippen LogP contribution >= 0.6 is 0 Å². The quantitative estimate of drug-likeness (QED) is 0.440. The molecular formula is C14H20N4O4. The number of likely N-dealkylation sites (tertiary alicyclic amines) is 1. The summed E-state index contributed by atoms with van der Waals surface area (Å²) in [5, 5.41) is 11.4. The summed E-state index contributed by atoms with van der Waals surface area (Å²) in [4.78, 5) is 38.6. The monoisotopic (exact) mass is 308 g/mol. The summed E-state index contributed by atoms with van der Waals surface area (Å²) >= 11 is 0. The first-order valence-electron chi connectivity index (χ1n) is 7.31. The standard InChI is InChI=1S/C14H20N4O4/c1-10(2)22-11(19)9-17-6-3-14(4-7-17)12(20)18(8-5-15)13(21)16-14/h10H,3-4,6-9H2,1-2H3,(H,16,21). The van der Waals surface area contributed by atoms with Crippen molar-refractivity contribution in [2.75, 3.05) is 26.2 Å². The van der Waals surface area contributed by atoms with Gasteiger partial charge in [0.2, 0.25) is 0 Å². The van der Waals surface area contributed by atoms with Crippen LogP contribution in [-0.4, -0.2) is 65.5 Å². The van der Waals surface area contributed by atoms with Crippen molar-refractivity contribution in [1.82, 2.24) is 15.1 Å². The van der Waals surface area contributed by atoms with Crippen LogP contribution in [0.15, 0.2) is 0 Å². The molecule has 0 bridgehead atoms. The first-order valence-corrected chi connectivity index (χ1v) is 7.31. The second-order valence-electron chi connectivity index (χ2n) is 5.88. The van der Waals surface area contributed by atoms with Crippen molar-refractivity contribution in [3.05, 3.63) is 0 Å². The van der Waals surface area contributed by atoms with Crippen molar-refractivity contribution in [3.8, 4) is 6.07 Å². The van der Waals surface area contributed by atoms with Gasteiger partial charge >= 0.3 is 12.0 Å². The van der Waals surface area contributed by atoms with E-state index in [4.69, 9.17) is 10.00 Å². The maximum absolute atomic E-state index is 12.3. The maximum Gasteiger partial charge on any atom is 0.325 e. The molecule has 2 aliphatic heterocycles. The number of esters is 1. The van der Waals surface area contributed by atoms with Gasteiger partial charge in [-0.3, -0.25) is 14.5 Å². The molecule has 0 saturated carbocycles. The third-order valence-corrected chi connectivity index (χ3v) is 3.90. The molecule has 0 aromatic heterocycles. The van der Waals surface area contributed by atoms with Gasteiger partial charge in [-0.15, -0.1) is 0 Å². The number of ether oxygens (including phenoxy) is 1. The van der Waals surface area contributed by atoms with Crippen LogP contribution in [0.3, 0.4) is 0 Å². The molecule has 1 spiro atoms. The van der Waals surface area contributed by atoms with Gasteiger partial charge in [-0.1, -0.05) is 0 Å². The average molecular weight is 308 g/mol. The molecule has 0 aromatic rings. The number of nitrogens with zero attached hydrogens (tertiary/aromatic N) is 3. The number of piperidine rings is 1. The molecule has 0 aromatic carbocycles. The van der Waals surface area contributed by atoms with Crippen molar-refractivity contribution in [3.63, 3.8) is 0 Å². The molecule has 1 N–H and O–H groups in total. The molecular weight excluding hydrogens is 288 g/mol. The van der Waals surface area contributed by atoms with Gasteiger partial charge in [-0.05, 0) is 26.7 Å². The SMILES string of the molecule is CC(C)OC(=O)CN1CCC2(CC1)NC(=O)N(CC#N)C2=O. The Balaban J connectivity index is 1.92. The highest BCUT2D eigenvalue weighted by Crippen LogP contribution is 2.29. The molecule has 8 heteroatoms. The lowest BCUT2D eigenvalue weighted by Gasteiger charge is -2.36. The van der Waals surface area contributed by atoms with Gasteiger partial charge in [0, 0.05) is 13.1 Å². The fraction of sp³-hybridized carbons (Fsp3) is 0.714. The summed E-state index contributed by atoms with van der Waals surface area (Å²) in [5.74, 6) is -0.637. The zero-order valence-electron chi connectivity index (χ0n) is 12.8. The van der Waals surface area contributed by atoms with E-state index in [1.54, 1.807) is 13.8 Å². The normalized spacial score (nSPS) is 21.1. The van der Waals surface area contributed by atoms with Crippen molar-refractivity contribution < 1.29 is 19.1 Å². The van der Waals surface area contributed by atoms with Crippen LogP contribution in [0.5, 0.6) is 0 Å². The topological polar surface area (TPSA) is 103 Å². The molecule has 0 radical (unpaired) electrons. The minimum Gasteiger partial charge on any atom is -0.462 e. The second-order valence-corrected chi connectivity index (χ2v) is 5.88. The summed E-state index contributed by atoms with van der Waals surface area (Å²) in [7, 11) is 0. The van der Waals surface area contributed by atoms with E-state index in [2.05, 4.69) is 5.32 Å². The second kappa shape index (κ2) is 6.32. The van der Waals surface area contributed by atoms with Crippen molar-refractivity contribution >= 4 is 17.9 Å². The number of urea groups is 1. The van der Waals surface area contributed by atoms with Gasteiger partial charge in [0.15, 0.2) is 0 Å². The van der Waals surface area contributed by atoms with E-state index in [1.165, 1.54) is 0 Å². The Bertz CT molecular complexity index is 517. The van der Waals surface area contributed by atoms with E-state index in [9.17, 15) is 14.4 Å². The third kappa shape index (κ3) is 3.20. The number of hydrogen-bond acceptors (Lipinski definition) is 6. The number of rotatable bonds is 4. The molecule has 0 unspecified atom stereocenters. The van der Waals surface area contributed by atoms with E-state index in [0.717, 1.165) is 4.90 Å². The van der Waals surface area contributed by atoms with Crippen LogP contribution < -0.4 is 5.32 Å². The average Bonchev–Trinajstić information content (AvgIpc) is 2.66. The summed E-state index contributed by atoms with van der Waals surface area (Å²) in [6.07, 6.45) is 0.696. The summed E-state index contributed by atoms with van der Waals surface area (Å²) in [6, 6.07) is 1.30. The largest absolute Gasteiger partial charge is 0.462 e. The van der Waals surface area contributed by atoms with Crippen LogP contribution in [0.25, 0.3) is 0 Å². The predicted molar refractivity (Wildman–Crippen MR) is 75.5 cm³/mol. The van der Waals surface area contributed by atoms with Gasteiger partial charge in [-0.25, -0.2) is 9.69 Å². The molecule has 22 heavy (non-hydrogen) atoms. The molecule has 2 fully saturated rings. The predicted octanol–water partition coefficient (Wildman–Crippen LogP) is -0.152. The van der Waals surface area contributed by atoms with E-state index >= 15 is 0 Å². The zero-order chi connectivity index (χ0) is 16.3. The highest BCUT2D eigenvalue weighted by molar-refractivity contribution is 6.07. The number of hydrogen-bond donors (Lipinski definition) is 1. The molecule has 3 amide bonds. The number of carbonyl (C=O) groups excluding carboxylic acids is 3. The van der Waals surface area contributed by atoms with Crippen LogP contribution in [0.1, 0.15) is 26.7 Å². The minimum atomic E-state index is -0.924. The Morgan fingerprint density at radius 3 is 2.59 bits per heavy atom. The molecule has 2 heterocycles. The highest BCUT2D eigenvalue weighted by atomic mass is 16.5. The summed E-state index contributed by atoms with van der Waals surface area (Å²) < 4.78 is 5.10. The number of nitrogens with one attached hydrogen (secondary N) is 1. The lowest BCUT2D eigenvalue weighted by Crippen LogP contribution is -2.55. The van der Waals surface area contributed by atoms with Crippen molar-refractivity contribution in [2.45, 2.75) is 38.3 Å². The molecule has 0 aliphatic carbocycles. The van der Waals surface area contributed by atoms with E-state index in [-0.39, 0.29) is 31.1 Å². The first-order chi connectivity index (χ1) is 10.4. The van der Waals surface area contributed by atoms with Crippen molar-refractivity contribution in [2.24, 2.45) is 0 Å². The van der Waals surface area contributed by atoms with Gasteiger partial charge < -0.3 is 10.1 Å². The fourth-order valence-electron chi connectivity index (χ4n) is 2.80. The molecule has 8 nitrogen and oxygen atoms in total. The van der Waals surface area contributed by atoms with Crippen molar-refractivity contribution in [1.29, 1.82) is 5.26 Å². The lowest BCUT2D eigenvalue weighted by atomic mass is 9.87. The van der Waals surface area contributed by atoms with Gasteiger partial charge in [-0.2, -0.15) is 5.26 Å². The number of carbonyl (C=O) groups is 3. The highest BCUT2D eigenvalue weighted by Gasteiger charge is 2.52. The Labute approximate surface area is 129 Å². The Morgan fingerprint density at radius 1 is 1.41 bits per heavy atom. The van der Waals surface area contributed by atoms with E-state index in [1.807, 2.05) is 11.0 Å². The molecule has 0 atom stereocenters. The Morgan fingerprint density at radius 2 is 2.05 bits per heavy atom. The molecule has 2 saturated heterocycles. The van der Waals surface area contributed by atoms with Crippen LogP contribution in [0.2, 0.25) is 0 Å². The first kappa shape index (κ1) is 16.2. The van der Waals surface area contributed by atoms with Gasteiger partial charge in [0.1, 0.15) is 12.1 Å². The van der Waals surface area contributed by atoms with Crippen LogP contribution in [0, 0.1) is 11.3 Å². The Kier molecular flexibility index (Phi) is 4.66. The van der Waals surface area contributed by atoms with E-state index in [0.29, 0.717) is 25.9 Å². The molecule has 120 valence electrons. The van der Waals surface area contributed by atoms with E-state index < -0.39 is 11.6 Å². The molecule has 2 aliphatic rings. The summed E-state index contributed by atoms with van der Waals surface area (Å²) in [6.45, 7) is 4.55. The maximum atomic E-state index is 12.3. The smallest absolute Gasteiger partial charge is 0.325 e. The molecule has 2 rings (SSSR count). The fourth-order valence-corrected chi connectivity index (χ4v) is 2.80. The van der Waals surface area contributed by atoms with Gasteiger partial charge in [0.05, 0.1) is 18.7 Å². The van der Waals surface area contributed by atoms with Crippen LogP contribution in [0.4, 0.5) is 4.79 Å². The summed E-state index contributed by atoms with van der Waals surface area (Å²) in [5.41, 5.74) is -0.924. The Hall–Kier alpha value is -2.14. The van der Waals surface area contributed by atoms with Gasteiger partial charge in [0.25, 0.3) is 5.91 Å². The lowest BCUT2D eigenvalue weighted by molar-refractivity contribution is -0.149. The van der Waals surface area contributed by atoms with Crippen LogP contribution in [-0.2, 0) is 14.3 Å². The third-order valence-electron chi connectivity index (χ3n) is 3.90. The number of imide groups is 1.